The highest BCUT2D eigenvalue weighted by molar-refractivity contribution is 6.47. The summed E-state index contributed by atoms with van der Waals surface area (Å²) < 4.78 is 12.2. The molecule has 0 amide bonds. The fourth-order valence-corrected chi connectivity index (χ4v) is 2.53. The molecule has 0 bridgehead atoms. The van der Waals surface area contributed by atoms with Crippen LogP contribution in [0.2, 0.25) is 5.82 Å². The van der Waals surface area contributed by atoms with Gasteiger partial charge in [-0.3, -0.25) is 0 Å². The van der Waals surface area contributed by atoms with Gasteiger partial charge in [0.05, 0.1) is 11.2 Å². The maximum absolute atomic E-state index is 6.11. The van der Waals surface area contributed by atoms with E-state index >= 15 is 0 Å². The summed E-state index contributed by atoms with van der Waals surface area (Å²) in [7, 11) is -0.0734. The third-order valence-corrected chi connectivity index (χ3v) is 4.70. The number of hydrogen-bond donors (Lipinski definition) is 0. The Morgan fingerprint density at radius 2 is 1.55 bits per heavy atom. The lowest BCUT2D eigenvalue weighted by atomic mass is 9.70. The summed E-state index contributed by atoms with van der Waals surface area (Å²) in [5, 5.41) is 0. The van der Waals surface area contributed by atoms with E-state index in [1.54, 1.807) is 0 Å². The van der Waals surface area contributed by atoms with Crippen LogP contribution in [0.25, 0.3) is 0 Å². The summed E-state index contributed by atoms with van der Waals surface area (Å²) in [5.41, 5.74) is 0.977. The molecular weight excluding hydrogens is 247 g/mol. The van der Waals surface area contributed by atoms with Gasteiger partial charge in [-0.15, -0.1) is 0 Å². The lowest BCUT2D eigenvalue weighted by molar-refractivity contribution is 0.00578. The molecule has 0 aliphatic carbocycles. The van der Waals surface area contributed by atoms with Crippen molar-refractivity contribution in [1.29, 1.82) is 0 Å². The highest BCUT2D eigenvalue weighted by Crippen LogP contribution is 2.40. The van der Waals surface area contributed by atoms with E-state index in [1.807, 2.05) is 0 Å². The predicted molar refractivity (Wildman–Crippen MR) is 84.9 cm³/mol. The molecule has 0 aromatic heterocycles. The Hall–Kier alpha value is -0.795. The SMILES string of the molecule is CC(CCCc1ccccc1)B1OC(C)(C)C(C)(C)O1. The van der Waals surface area contributed by atoms with Gasteiger partial charge in [0.1, 0.15) is 0 Å². The molecule has 1 fully saturated rings. The molecule has 0 N–H and O–H groups in total. The highest BCUT2D eigenvalue weighted by atomic mass is 16.7. The minimum Gasteiger partial charge on any atom is -0.403 e. The van der Waals surface area contributed by atoms with Gasteiger partial charge in [0.2, 0.25) is 0 Å². The molecule has 1 saturated heterocycles. The van der Waals surface area contributed by atoms with Crippen molar-refractivity contribution in [2.75, 3.05) is 0 Å². The Balaban J connectivity index is 1.80. The van der Waals surface area contributed by atoms with E-state index in [0.717, 1.165) is 12.8 Å². The first-order valence-corrected chi connectivity index (χ1v) is 7.71. The molecule has 1 aromatic rings. The Labute approximate surface area is 124 Å². The van der Waals surface area contributed by atoms with Gasteiger partial charge in [-0.25, -0.2) is 0 Å². The zero-order valence-corrected chi connectivity index (χ0v) is 13.5. The Morgan fingerprint density at radius 3 is 2.10 bits per heavy atom. The van der Waals surface area contributed by atoms with Gasteiger partial charge in [-0.2, -0.15) is 0 Å². The van der Waals surface area contributed by atoms with Gasteiger partial charge < -0.3 is 9.31 Å². The van der Waals surface area contributed by atoms with Gasteiger partial charge in [0.15, 0.2) is 0 Å². The van der Waals surface area contributed by atoms with Crippen LogP contribution in [-0.4, -0.2) is 18.3 Å². The van der Waals surface area contributed by atoms with E-state index in [4.69, 9.17) is 9.31 Å². The summed E-state index contributed by atoms with van der Waals surface area (Å²) in [6, 6.07) is 10.7. The fourth-order valence-electron chi connectivity index (χ4n) is 2.53. The van der Waals surface area contributed by atoms with Gasteiger partial charge in [0.25, 0.3) is 0 Å². The van der Waals surface area contributed by atoms with Gasteiger partial charge in [0, 0.05) is 0 Å². The van der Waals surface area contributed by atoms with Crippen LogP contribution in [0.1, 0.15) is 53.0 Å². The van der Waals surface area contributed by atoms with Crippen LogP contribution >= 0.6 is 0 Å². The smallest absolute Gasteiger partial charge is 0.403 e. The van der Waals surface area contributed by atoms with Crippen molar-refractivity contribution >= 4 is 7.12 Å². The first kappa shape index (κ1) is 15.6. The van der Waals surface area contributed by atoms with E-state index in [2.05, 4.69) is 65.0 Å². The average Bonchev–Trinajstić information content (AvgIpc) is 2.60. The minimum atomic E-state index is -0.217. The lowest BCUT2D eigenvalue weighted by Gasteiger charge is -2.32. The zero-order chi connectivity index (χ0) is 14.8. The molecule has 20 heavy (non-hydrogen) atoms. The van der Waals surface area contributed by atoms with Crippen LogP contribution in [-0.2, 0) is 15.7 Å². The second-order valence-corrected chi connectivity index (χ2v) is 6.98. The number of rotatable bonds is 5. The van der Waals surface area contributed by atoms with Crippen LogP contribution in [0, 0.1) is 0 Å². The van der Waals surface area contributed by atoms with E-state index < -0.39 is 0 Å². The van der Waals surface area contributed by atoms with Gasteiger partial charge >= 0.3 is 7.12 Å². The Kier molecular flexibility index (Phi) is 4.60. The molecule has 2 rings (SSSR count). The van der Waals surface area contributed by atoms with Crippen molar-refractivity contribution < 1.29 is 9.31 Å². The molecule has 2 nitrogen and oxygen atoms in total. The third kappa shape index (κ3) is 3.45. The molecule has 0 radical (unpaired) electrons. The number of hydrogen-bond acceptors (Lipinski definition) is 2. The van der Waals surface area contributed by atoms with Crippen molar-refractivity contribution in [2.24, 2.45) is 0 Å². The first-order chi connectivity index (χ1) is 9.32. The number of aryl methyl sites for hydroxylation is 1. The van der Waals surface area contributed by atoms with E-state index in [0.29, 0.717) is 5.82 Å². The number of benzene rings is 1. The molecule has 3 heteroatoms. The summed E-state index contributed by atoms with van der Waals surface area (Å²) in [6.07, 6.45) is 3.44. The summed E-state index contributed by atoms with van der Waals surface area (Å²) in [4.78, 5) is 0. The largest absolute Gasteiger partial charge is 0.460 e. The third-order valence-electron chi connectivity index (χ3n) is 4.70. The molecule has 110 valence electrons. The predicted octanol–water partition coefficient (Wildman–Crippen LogP) is 4.49. The Morgan fingerprint density at radius 1 is 1.00 bits per heavy atom. The molecule has 1 aliphatic rings. The average molecular weight is 274 g/mol. The fraction of sp³-hybridized carbons (Fsp3) is 0.647. The van der Waals surface area contributed by atoms with Crippen molar-refractivity contribution in [2.45, 2.75) is 70.9 Å². The van der Waals surface area contributed by atoms with Gasteiger partial charge in [-0.05, 0) is 51.9 Å². The molecule has 1 atom stereocenters. The second-order valence-electron chi connectivity index (χ2n) is 6.98. The van der Waals surface area contributed by atoms with E-state index in [1.165, 1.54) is 12.0 Å². The summed E-state index contributed by atoms with van der Waals surface area (Å²) >= 11 is 0. The maximum Gasteiger partial charge on any atom is 0.460 e. The van der Waals surface area contributed by atoms with Crippen molar-refractivity contribution in [3.8, 4) is 0 Å². The van der Waals surface area contributed by atoms with Crippen LogP contribution in [0.15, 0.2) is 30.3 Å². The normalized spacial score (nSPS) is 21.9. The van der Waals surface area contributed by atoms with E-state index in [-0.39, 0.29) is 18.3 Å². The topological polar surface area (TPSA) is 18.5 Å². The lowest BCUT2D eigenvalue weighted by Crippen LogP contribution is -2.41. The van der Waals surface area contributed by atoms with Crippen LogP contribution in [0.5, 0.6) is 0 Å². The molecule has 1 aliphatic heterocycles. The standard InChI is InChI=1S/C17H27BO2/c1-14(10-9-13-15-11-7-6-8-12-15)18-19-16(2,3)17(4,5)20-18/h6-8,11-12,14H,9-10,13H2,1-5H3. The monoisotopic (exact) mass is 274 g/mol. The van der Waals surface area contributed by atoms with Crippen molar-refractivity contribution in [3.63, 3.8) is 0 Å². The maximum atomic E-state index is 6.11. The molecule has 1 heterocycles. The van der Waals surface area contributed by atoms with Crippen molar-refractivity contribution in [1.82, 2.24) is 0 Å². The van der Waals surface area contributed by atoms with Crippen LogP contribution in [0.4, 0.5) is 0 Å². The minimum absolute atomic E-state index is 0.0734. The van der Waals surface area contributed by atoms with Crippen LogP contribution in [0.3, 0.4) is 0 Å². The molecular formula is C17H27BO2. The molecule has 1 aromatic carbocycles. The summed E-state index contributed by atoms with van der Waals surface area (Å²) in [6.45, 7) is 10.7. The highest BCUT2D eigenvalue weighted by Gasteiger charge is 2.52. The quantitative estimate of drug-likeness (QED) is 0.736. The molecule has 0 saturated carbocycles. The molecule has 1 unspecified atom stereocenters. The van der Waals surface area contributed by atoms with Gasteiger partial charge in [-0.1, -0.05) is 43.7 Å². The second kappa shape index (κ2) is 5.91. The Bertz CT molecular complexity index is 412. The molecule has 0 spiro atoms. The first-order valence-electron chi connectivity index (χ1n) is 7.71. The summed E-state index contributed by atoms with van der Waals surface area (Å²) in [5.74, 6) is 0.430. The zero-order valence-electron chi connectivity index (χ0n) is 13.5. The van der Waals surface area contributed by atoms with Crippen LogP contribution < -0.4 is 0 Å². The van der Waals surface area contributed by atoms with Crippen molar-refractivity contribution in [3.05, 3.63) is 35.9 Å². The van der Waals surface area contributed by atoms with E-state index in [9.17, 15) is 0 Å².